The molecule has 0 radical (unpaired) electrons. The third kappa shape index (κ3) is 2.93. The highest BCUT2D eigenvalue weighted by molar-refractivity contribution is 6.33. The molecule has 2 heterocycles. The number of nitrogens with zero attached hydrogens (tertiary/aromatic N) is 3. The van der Waals surface area contributed by atoms with Crippen molar-refractivity contribution in [1.29, 1.82) is 0 Å². The van der Waals surface area contributed by atoms with E-state index in [1.807, 2.05) is 20.9 Å². The minimum atomic E-state index is -0.367. The lowest BCUT2D eigenvalue weighted by Crippen LogP contribution is -2.29. The number of amides is 2. The number of ether oxygens (including phenoxy) is 1. The molecule has 0 spiro atoms. The lowest BCUT2D eigenvalue weighted by Gasteiger charge is -2.17. The van der Waals surface area contributed by atoms with E-state index in [9.17, 15) is 9.59 Å². The van der Waals surface area contributed by atoms with Crippen LogP contribution in [0.3, 0.4) is 0 Å². The number of rotatable bonds is 3. The predicted octanol–water partition coefficient (Wildman–Crippen LogP) is 3.05. The van der Waals surface area contributed by atoms with Gasteiger partial charge in [-0.25, -0.2) is 4.90 Å². The Morgan fingerprint density at radius 3 is 2.60 bits per heavy atom. The first kappa shape index (κ1) is 17.2. The molecule has 0 unspecified atom stereocenters. The smallest absolute Gasteiger partial charge is 0.261 e. The average Bonchev–Trinajstić information content (AvgIpc) is 2.97. The normalized spacial score (nSPS) is 16.2. The molecule has 6 nitrogen and oxygen atoms in total. The monoisotopic (exact) mass is 359 g/mol. The quantitative estimate of drug-likeness (QED) is 0.624. The van der Waals surface area contributed by atoms with Gasteiger partial charge in [-0.15, -0.1) is 0 Å². The number of imide groups is 1. The second kappa shape index (κ2) is 6.37. The number of benzene rings is 1. The van der Waals surface area contributed by atoms with Gasteiger partial charge in [-0.1, -0.05) is 11.6 Å². The molecule has 0 saturated carbocycles. The molecule has 0 atom stereocenters. The van der Waals surface area contributed by atoms with Crippen molar-refractivity contribution < 1.29 is 14.3 Å². The highest BCUT2D eigenvalue weighted by atomic mass is 35.5. The Balaban J connectivity index is 2.04. The van der Waals surface area contributed by atoms with E-state index >= 15 is 0 Å². The van der Waals surface area contributed by atoms with Gasteiger partial charge in [0.1, 0.15) is 5.75 Å². The van der Waals surface area contributed by atoms with Gasteiger partial charge in [-0.2, -0.15) is 5.10 Å². The van der Waals surface area contributed by atoms with E-state index < -0.39 is 0 Å². The number of carbonyl (C=O) groups excluding carboxylic acids is 2. The summed E-state index contributed by atoms with van der Waals surface area (Å²) < 4.78 is 7.02. The van der Waals surface area contributed by atoms with Crippen molar-refractivity contribution in [2.45, 2.75) is 20.3 Å². The molecule has 25 heavy (non-hydrogen) atoms. The van der Waals surface area contributed by atoms with Gasteiger partial charge >= 0.3 is 0 Å². The summed E-state index contributed by atoms with van der Waals surface area (Å²) in [6.45, 7) is 3.80. The summed E-state index contributed by atoms with van der Waals surface area (Å²) in [6.07, 6.45) is 1.77. The zero-order valence-electron chi connectivity index (χ0n) is 14.5. The van der Waals surface area contributed by atoms with E-state index in [0.717, 1.165) is 21.9 Å². The van der Waals surface area contributed by atoms with Crippen LogP contribution in [-0.4, -0.2) is 28.7 Å². The van der Waals surface area contributed by atoms with E-state index in [0.29, 0.717) is 22.0 Å². The summed E-state index contributed by atoms with van der Waals surface area (Å²) in [5.74, 6) is -0.259. The van der Waals surface area contributed by atoms with Crippen molar-refractivity contribution in [3.05, 3.63) is 45.7 Å². The standard InChI is InChI=1S/C18H18ClN3O3/c1-10-14(11(2)21(3)20-10)7-12-8-17(23)22(18(12)24)15-9-13(19)5-6-16(15)25-4/h5-7,9H,8H2,1-4H3. The van der Waals surface area contributed by atoms with E-state index in [4.69, 9.17) is 16.3 Å². The summed E-state index contributed by atoms with van der Waals surface area (Å²) in [7, 11) is 3.33. The first-order valence-corrected chi connectivity index (χ1v) is 8.13. The topological polar surface area (TPSA) is 64.4 Å². The summed E-state index contributed by atoms with van der Waals surface area (Å²) in [4.78, 5) is 26.4. The van der Waals surface area contributed by atoms with Gasteiger partial charge in [0.25, 0.3) is 5.91 Å². The van der Waals surface area contributed by atoms with E-state index in [1.54, 1.807) is 29.0 Å². The number of hydrogen-bond acceptors (Lipinski definition) is 4. The molecule has 2 amide bonds. The molecular weight excluding hydrogens is 342 g/mol. The molecule has 7 heteroatoms. The summed E-state index contributed by atoms with van der Waals surface area (Å²) in [6, 6.07) is 4.84. The Morgan fingerprint density at radius 2 is 2.00 bits per heavy atom. The minimum absolute atomic E-state index is 0.0300. The fraction of sp³-hybridized carbons (Fsp3) is 0.278. The van der Waals surface area contributed by atoms with Crippen LogP contribution in [0.2, 0.25) is 5.02 Å². The lowest BCUT2D eigenvalue weighted by molar-refractivity contribution is -0.120. The molecule has 2 aromatic rings. The molecule has 0 bridgehead atoms. The van der Waals surface area contributed by atoms with Gasteiger partial charge < -0.3 is 4.74 Å². The molecule has 1 aliphatic rings. The lowest BCUT2D eigenvalue weighted by atomic mass is 10.1. The number of aromatic nitrogens is 2. The van der Waals surface area contributed by atoms with Gasteiger partial charge in [0.05, 0.1) is 24.9 Å². The predicted molar refractivity (Wildman–Crippen MR) is 95.8 cm³/mol. The Hall–Kier alpha value is -2.60. The van der Waals surface area contributed by atoms with E-state index in [1.165, 1.54) is 7.11 Å². The Labute approximate surface area is 150 Å². The number of hydrogen-bond donors (Lipinski definition) is 0. The van der Waals surface area contributed by atoms with Crippen molar-refractivity contribution in [2.75, 3.05) is 12.0 Å². The van der Waals surface area contributed by atoms with Crippen LogP contribution in [0.5, 0.6) is 5.75 Å². The van der Waals surface area contributed by atoms with Crippen LogP contribution in [-0.2, 0) is 16.6 Å². The zero-order chi connectivity index (χ0) is 18.3. The van der Waals surface area contributed by atoms with E-state index in [2.05, 4.69) is 5.10 Å². The maximum absolute atomic E-state index is 12.8. The van der Waals surface area contributed by atoms with Crippen molar-refractivity contribution >= 4 is 35.2 Å². The van der Waals surface area contributed by atoms with Crippen molar-refractivity contribution in [2.24, 2.45) is 7.05 Å². The van der Waals surface area contributed by atoms with Gasteiger partial charge in [-0.3, -0.25) is 14.3 Å². The molecule has 1 fully saturated rings. The van der Waals surface area contributed by atoms with E-state index in [-0.39, 0.29) is 18.2 Å². The highest BCUT2D eigenvalue weighted by Gasteiger charge is 2.37. The molecule has 130 valence electrons. The number of halogens is 1. The van der Waals surface area contributed by atoms with Crippen LogP contribution < -0.4 is 9.64 Å². The van der Waals surface area contributed by atoms with Crippen LogP contribution in [0.25, 0.3) is 6.08 Å². The number of carbonyl (C=O) groups is 2. The first-order valence-electron chi connectivity index (χ1n) is 7.75. The van der Waals surface area contributed by atoms with Gasteiger partial charge in [0.2, 0.25) is 5.91 Å². The molecule has 0 N–H and O–H groups in total. The molecule has 1 aliphatic heterocycles. The summed E-state index contributed by atoms with van der Waals surface area (Å²) in [5, 5.41) is 4.76. The molecule has 1 aromatic carbocycles. The Morgan fingerprint density at radius 1 is 1.28 bits per heavy atom. The molecule has 1 saturated heterocycles. The van der Waals surface area contributed by atoms with Crippen LogP contribution >= 0.6 is 11.6 Å². The largest absolute Gasteiger partial charge is 0.495 e. The maximum atomic E-state index is 12.8. The second-order valence-corrected chi connectivity index (χ2v) is 6.34. The third-order valence-corrected chi connectivity index (χ3v) is 4.57. The first-order chi connectivity index (χ1) is 11.8. The zero-order valence-corrected chi connectivity index (χ0v) is 15.2. The van der Waals surface area contributed by atoms with Gasteiger partial charge in [0.15, 0.2) is 0 Å². The Kier molecular flexibility index (Phi) is 4.39. The fourth-order valence-electron chi connectivity index (χ4n) is 2.94. The molecular formula is C18H18ClN3O3. The minimum Gasteiger partial charge on any atom is -0.495 e. The molecule has 0 aliphatic carbocycles. The maximum Gasteiger partial charge on any atom is 0.261 e. The Bertz CT molecular complexity index is 915. The third-order valence-electron chi connectivity index (χ3n) is 4.33. The molecule has 3 rings (SSSR count). The van der Waals surface area contributed by atoms with Crippen LogP contribution in [0, 0.1) is 13.8 Å². The summed E-state index contributed by atoms with van der Waals surface area (Å²) >= 11 is 6.03. The van der Waals surface area contributed by atoms with Crippen LogP contribution in [0.1, 0.15) is 23.4 Å². The van der Waals surface area contributed by atoms with Crippen LogP contribution in [0.4, 0.5) is 5.69 Å². The summed E-state index contributed by atoms with van der Waals surface area (Å²) in [5.41, 5.74) is 3.38. The average molecular weight is 360 g/mol. The van der Waals surface area contributed by atoms with Crippen molar-refractivity contribution in [1.82, 2.24) is 9.78 Å². The second-order valence-electron chi connectivity index (χ2n) is 5.90. The van der Waals surface area contributed by atoms with Crippen molar-refractivity contribution in [3.63, 3.8) is 0 Å². The number of methoxy groups -OCH3 is 1. The van der Waals surface area contributed by atoms with Crippen molar-refractivity contribution in [3.8, 4) is 5.75 Å². The van der Waals surface area contributed by atoms with Gasteiger partial charge in [0, 0.05) is 28.9 Å². The number of anilines is 1. The number of aryl methyl sites for hydroxylation is 2. The van der Waals surface area contributed by atoms with Crippen LogP contribution in [0.15, 0.2) is 23.8 Å². The highest BCUT2D eigenvalue weighted by Crippen LogP contribution is 2.36. The van der Waals surface area contributed by atoms with Gasteiger partial charge in [-0.05, 0) is 38.1 Å². The SMILES string of the molecule is COc1ccc(Cl)cc1N1C(=O)CC(=Cc2c(C)nn(C)c2C)C1=O. The molecule has 1 aromatic heterocycles. The fourth-order valence-corrected chi connectivity index (χ4v) is 3.11.